The van der Waals surface area contributed by atoms with E-state index >= 15 is 0 Å². The van der Waals surface area contributed by atoms with Crippen LogP contribution in [-0.4, -0.2) is 9.97 Å². The van der Waals surface area contributed by atoms with Gasteiger partial charge in [0.1, 0.15) is 16.8 Å². The highest BCUT2D eigenvalue weighted by molar-refractivity contribution is 6.30. The van der Waals surface area contributed by atoms with Crippen molar-refractivity contribution >= 4 is 23.1 Å². The molecule has 0 saturated heterocycles. The number of rotatable bonds is 2. The molecule has 2 rings (SSSR count). The molecule has 1 aromatic heterocycles. The molecule has 0 aliphatic heterocycles. The molecule has 0 bridgehead atoms. The van der Waals surface area contributed by atoms with Gasteiger partial charge in [-0.25, -0.2) is 23.1 Å². The molecule has 0 atom stereocenters. The Morgan fingerprint density at radius 2 is 1.74 bits per heavy atom. The summed E-state index contributed by atoms with van der Waals surface area (Å²) >= 11 is 5.86. The molecule has 1 heterocycles. The van der Waals surface area contributed by atoms with Crippen LogP contribution in [0.25, 0.3) is 0 Å². The van der Waals surface area contributed by atoms with Crippen LogP contribution < -0.4 is 5.32 Å². The maximum Gasteiger partial charge on any atom is 0.196 e. The lowest BCUT2D eigenvalue weighted by Gasteiger charge is -2.11. The van der Waals surface area contributed by atoms with Crippen LogP contribution in [0, 0.1) is 31.3 Å². The Morgan fingerprint density at radius 3 is 2.42 bits per heavy atom. The summed E-state index contributed by atoms with van der Waals surface area (Å²) in [6, 6.07) is 1.91. The largest absolute Gasteiger partial charge is 0.337 e. The molecule has 2 aromatic rings. The summed E-state index contributed by atoms with van der Waals surface area (Å²) in [5.41, 5.74) is 0.257. The van der Waals surface area contributed by atoms with Crippen molar-refractivity contribution in [3.8, 4) is 0 Å². The fraction of sp³-hybridized carbons (Fsp3) is 0.167. The number of aryl methyl sites for hydroxylation is 1. The quantitative estimate of drug-likeness (QED) is 0.672. The number of aromatic nitrogens is 2. The minimum atomic E-state index is -1.54. The third-order valence-corrected chi connectivity index (χ3v) is 2.85. The molecule has 0 spiro atoms. The van der Waals surface area contributed by atoms with Crippen molar-refractivity contribution in [1.29, 1.82) is 0 Å². The van der Waals surface area contributed by atoms with Crippen molar-refractivity contribution < 1.29 is 13.2 Å². The monoisotopic (exact) mass is 287 g/mol. The van der Waals surface area contributed by atoms with E-state index in [1.165, 1.54) is 0 Å². The molecule has 0 aliphatic carbocycles. The van der Waals surface area contributed by atoms with Gasteiger partial charge in [-0.1, -0.05) is 11.6 Å². The SMILES string of the molecule is Cc1nc(Cl)c(C)c(Nc2ccc(F)c(F)c2F)n1. The number of benzene rings is 1. The van der Waals surface area contributed by atoms with E-state index in [2.05, 4.69) is 15.3 Å². The number of anilines is 2. The molecule has 1 aromatic carbocycles. The van der Waals surface area contributed by atoms with Gasteiger partial charge in [0.25, 0.3) is 0 Å². The van der Waals surface area contributed by atoms with Gasteiger partial charge >= 0.3 is 0 Å². The van der Waals surface area contributed by atoms with E-state index in [4.69, 9.17) is 11.6 Å². The number of halogens is 4. The molecule has 7 heteroatoms. The van der Waals surface area contributed by atoms with Gasteiger partial charge in [-0.3, -0.25) is 0 Å². The van der Waals surface area contributed by atoms with Gasteiger partial charge in [0.05, 0.1) is 5.69 Å². The third-order valence-electron chi connectivity index (χ3n) is 2.49. The van der Waals surface area contributed by atoms with Gasteiger partial charge in [0.15, 0.2) is 17.5 Å². The number of hydrogen-bond acceptors (Lipinski definition) is 3. The minimum Gasteiger partial charge on any atom is -0.337 e. The molecule has 0 radical (unpaired) electrons. The van der Waals surface area contributed by atoms with Crippen LogP contribution in [0.5, 0.6) is 0 Å². The third kappa shape index (κ3) is 2.63. The first-order chi connectivity index (χ1) is 8.90. The molecule has 19 heavy (non-hydrogen) atoms. The Kier molecular flexibility index (Phi) is 3.61. The lowest BCUT2D eigenvalue weighted by Crippen LogP contribution is -2.04. The van der Waals surface area contributed by atoms with E-state index in [0.717, 1.165) is 12.1 Å². The van der Waals surface area contributed by atoms with Crippen LogP contribution in [0.1, 0.15) is 11.4 Å². The van der Waals surface area contributed by atoms with Crippen LogP contribution >= 0.6 is 11.6 Å². The average molecular weight is 288 g/mol. The normalized spacial score (nSPS) is 10.6. The van der Waals surface area contributed by atoms with Crippen LogP contribution in [-0.2, 0) is 0 Å². The van der Waals surface area contributed by atoms with Crippen molar-refractivity contribution in [2.24, 2.45) is 0 Å². The highest BCUT2D eigenvalue weighted by Crippen LogP contribution is 2.26. The zero-order valence-electron chi connectivity index (χ0n) is 10.1. The molecular weight excluding hydrogens is 279 g/mol. The van der Waals surface area contributed by atoms with Crippen molar-refractivity contribution in [2.45, 2.75) is 13.8 Å². The molecular formula is C12H9ClF3N3. The Bertz CT molecular complexity index is 647. The van der Waals surface area contributed by atoms with Gasteiger partial charge in [-0.15, -0.1) is 0 Å². The van der Waals surface area contributed by atoms with Crippen molar-refractivity contribution in [2.75, 3.05) is 5.32 Å². The Labute approximate surface area is 112 Å². The second kappa shape index (κ2) is 5.05. The van der Waals surface area contributed by atoms with Crippen LogP contribution in [0.3, 0.4) is 0 Å². The van der Waals surface area contributed by atoms with Crippen molar-refractivity contribution in [1.82, 2.24) is 9.97 Å². The molecule has 3 nitrogen and oxygen atoms in total. The second-order valence-electron chi connectivity index (χ2n) is 3.88. The molecule has 0 fully saturated rings. The predicted octanol–water partition coefficient (Wildman–Crippen LogP) is 3.91. The van der Waals surface area contributed by atoms with Crippen LogP contribution in [0.4, 0.5) is 24.7 Å². The minimum absolute atomic E-state index is 0.206. The summed E-state index contributed by atoms with van der Waals surface area (Å²) < 4.78 is 39.4. The fourth-order valence-electron chi connectivity index (χ4n) is 1.47. The topological polar surface area (TPSA) is 37.8 Å². The maximum atomic E-state index is 13.5. The van der Waals surface area contributed by atoms with E-state index in [9.17, 15) is 13.2 Å². The van der Waals surface area contributed by atoms with Crippen molar-refractivity contribution in [3.63, 3.8) is 0 Å². The molecule has 100 valence electrons. The van der Waals surface area contributed by atoms with Gasteiger partial charge in [0.2, 0.25) is 0 Å². The summed E-state index contributed by atoms with van der Waals surface area (Å²) in [6.45, 7) is 3.24. The first-order valence-corrected chi connectivity index (χ1v) is 5.69. The number of nitrogens with one attached hydrogen (secondary N) is 1. The standard InChI is InChI=1S/C12H9ClF3N3/c1-5-11(13)17-6(2)18-12(5)19-8-4-3-7(14)9(15)10(8)16/h3-4H,1-2H3,(H,17,18,19). The summed E-state index contributed by atoms with van der Waals surface area (Å²) in [4.78, 5) is 7.95. The molecule has 0 amide bonds. The summed E-state index contributed by atoms with van der Waals surface area (Å²) in [5.74, 6) is -3.49. The van der Waals surface area contributed by atoms with E-state index in [-0.39, 0.29) is 16.7 Å². The zero-order valence-corrected chi connectivity index (χ0v) is 10.8. The highest BCUT2D eigenvalue weighted by atomic mass is 35.5. The van der Waals surface area contributed by atoms with Crippen molar-refractivity contribution in [3.05, 3.63) is 46.1 Å². The van der Waals surface area contributed by atoms with Gasteiger partial charge < -0.3 is 5.32 Å². The smallest absolute Gasteiger partial charge is 0.196 e. The first kappa shape index (κ1) is 13.6. The highest BCUT2D eigenvalue weighted by Gasteiger charge is 2.15. The Balaban J connectivity index is 2.45. The second-order valence-corrected chi connectivity index (χ2v) is 4.24. The van der Waals surface area contributed by atoms with Gasteiger partial charge in [0, 0.05) is 5.56 Å². The van der Waals surface area contributed by atoms with E-state index in [1.54, 1.807) is 13.8 Å². The molecule has 1 N–H and O–H groups in total. The maximum absolute atomic E-state index is 13.5. The van der Waals surface area contributed by atoms with E-state index in [0.29, 0.717) is 11.4 Å². The summed E-state index contributed by atoms with van der Waals surface area (Å²) in [6.07, 6.45) is 0. The average Bonchev–Trinajstić information content (AvgIpc) is 2.36. The summed E-state index contributed by atoms with van der Waals surface area (Å²) in [5, 5.41) is 2.78. The fourth-order valence-corrected chi connectivity index (χ4v) is 1.68. The molecule has 0 saturated carbocycles. The molecule has 0 unspecified atom stereocenters. The van der Waals surface area contributed by atoms with Crippen LogP contribution in [0.15, 0.2) is 12.1 Å². The Morgan fingerprint density at radius 1 is 1.05 bits per heavy atom. The number of hydrogen-bond donors (Lipinski definition) is 1. The zero-order chi connectivity index (χ0) is 14.2. The number of nitrogens with zero attached hydrogens (tertiary/aromatic N) is 2. The lowest BCUT2D eigenvalue weighted by atomic mass is 10.2. The van der Waals surface area contributed by atoms with Gasteiger partial charge in [-0.2, -0.15) is 0 Å². The Hall–Kier alpha value is -1.82. The summed E-state index contributed by atoms with van der Waals surface area (Å²) in [7, 11) is 0. The van der Waals surface area contributed by atoms with E-state index in [1.807, 2.05) is 0 Å². The molecule has 0 aliphatic rings. The van der Waals surface area contributed by atoms with E-state index < -0.39 is 17.5 Å². The van der Waals surface area contributed by atoms with Crippen LogP contribution in [0.2, 0.25) is 5.15 Å². The lowest BCUT2D eigenvalue weighted by molar-refractivity contribution is 0.449. The predicted molar refractivity (Wildman–Crippen MR) is 66.1 cm³/mol. The van der Waals surface area contributed by atoms with Gasteiger partial charge in [-0.05, 0) is 26.0 Å². The first-order valence-electron chi connectivity index (χ1n) is 5.31.